The van der Waals surface area contributed by atoms with E-state index >= 15 is 0 Å². The Morgan fingerprint density at radius 2 is 0.958 bits per heavy atom. The van der Waals surface area contributed by atoms with Gasteiger partial charge in [-0.1, -0.05) is 13.8 Å². The summed E-state index contributed by atoms with van der Waals surface area (Å²) in [6.45, 7) is 1.19. The van der Waals surface area contributed by atoms with Crippen LogP contribution in [0.3, 0.4) is 0 Å². The van der Waals surface area contributed by atoms with E-state index in [1.807, 2.05) is 5.32 Å². The number of aliphatic hydroxyl groups is 3. The molecular weight excluding hydrogens is 648 g/mol. The van der Waals surface area contributed by atoms with Gasteiger partial charge in [-0.2, -0.15) is 0 Å². The minimum Gasteiger partial charge on any atom is -0.481 e. The second kappa shape index (κ2) is 21.0. The highest BCUT2D eigenvalue weighted by Gasteiger charge is 2.35. The van der Waals surface area contributed by atoms with Crippen LogP contribution in [-0.4, -0.2) is 141 Å². The van der Waals surface area contributed by atoms with Crippen molar-refractivity contribution in [2.24, 2.45) is 17.4 Å². The maximum Gasteiger partial charge on any atom is 0.328 e. The molecule has 22 heteroatoms. The molecule has 0 aliphatic heterocycles. The van der Waals surface area contributed by atoms with Gasteiger partial charge in [-0.3, -0.25) is 38.4 Å². The van der Waals surface area contributed by atoms with Crippen LogP contribution in [0.5, 0.6) is 0 Å². The van der Waals surface area contributed by atoms with Gasteiger partial charge in [-0.05, 0) is 19.3 Å². The van der Waals surface area contributed by atoms with Crippen molar-refractivity contribution < 1.29 is 68.7 Å². The molecule has 0 spiro atoms. The molecule has 7 atom stereocenters. The molecule has 0 aromatic heterocycles. The molecule has 22 nitrogen and oxygen atoms in total. The zero-order valence-corrected chi connectivity index (χ0v) is 26.4. The summed E-state index contributed by atoms with van der Waals surface area (Å²) < 4.78 is 0. The van der Waals surface area contributed by atoms with Crippen molar-refractivity contribution in [3.8, 4) is 0 Å². The largest absolute Gasteiger partial charge is 0.481 e. The number of primary amides is 1. The van der Waals surface area contributed by atoms with E-state index in [2.05, 4.69) is 26.6 Å². The van der Waals surface area contributed by atoms with Crippen LogP contribution in [-0.2, 0) is 43.2 Å². The van der Waals surface area contributed by atoms with Gasteiger partial charge in [-0.25, -0.2) is 4.79 Å². The third-order valence-electron chi connectivity index (χ3n) is 6.41. The van der Waals surface area contributed by atoms with Crippen LogP contribution >= 0.6 is 0 Å². The molecule has 0 aromatic rings. The van der Waals surface area contributed by atoms with E-state index in [0.717, 1.165) is 0 Å². The number of hydrogen-bond donors (Lipinski definition) is 13. The standard InChI is InChI=1S/C26H44N8O14/c1-10(2)19(25(46)29-12(4-5-18(39)40)21(42)33-16(9-37)26(47)48)34-22(43)13(6-17(28)38)30-23(44)15(8-36)32-24(45)14(7-35)31-20(41)11(3)27/h10-16,19,35-37H,4-9,27H2,1-3H3,(H2,28,38)(H,29,46)(H,30,44)(H,31,41)(H,32,45)(H,33,42)(H,34,43)(H,39,40)(H,47,48)/t11-,12-,13-,14-,15-,16-,19-/m0/s1. The molecule has 0 radical (unpaired) electrons. The molecule has 0 rings (SSSR count). The second-order valence-electron chi connectivity index (χ2n) is 10.8. The van der Waals surface area contributed by atoms with Crippen molar-refractivity contribution >= 4 is 53.3 Å². The average molecular weight is 693 g/mol. The maximum atomic E-state index is 13.2. The molecule has 7 amide bonds. The highest BCUT2D eigenvalue weighted by Crippen LogP contribution is 2.07. The lowest BCUT2D eigenvalue weighted by Gasteiger charge is -2.28. The third-order valence-corrected chi connectivity index (χ3v) is 6.41. The van der Waals surface area contributed by atoms with Crippen molar-refractivity contribution in [3.05, 3.63) is 0 Å². The topological polar surface area (TPSA) is 379 Å². The Morgan fingerprint density at radius 1 is 0.562 bits per heavy atom. The van der Waals surface area contributed by atoms with E-state index in [4.69, 9.17) is 21.7 Å². The smallest absolute Gasteiger partial charge is 0.328 e. The summed E-state index contributed by atoms with van der Waals surface area (Å²) in [7, 11) is 0. The van der Waals surface area contributed by atoms with Crippen LogP contribution in [0.25, 0.3) is 0 Å². The molecule has 15 N–H and O–H groups in total. The Morgan fingerprint density at radius 3 is 1.35 bits per heavy atom. The van der Waals surface area contributed by atoms with Crippen molar-refractivity contribution in [2.45, 2.75) is 82.3 Å². The van der Waals surface area contributed by atoms with E-state index in [0.29, 0.717) is 0 Å². The van der Waals surface area contributed by atoms with Crippen molar-refractivity contribution in [1.82, 2.24) is 31.9 Å². The lowest BCUT2D eigenvalue weighted by molar-refractivity contribution is -0.144. The number of amides is 7. The van der Waals surface area contributed by atoms with E-state index in [-0.39, 0.29) is 0 Å². The molecule has 0 saturated carbocycles. The van der Waals surface area contributed by atoms with Gasteiger partial charge in [0.1, 0.15) is 36.3 Å². The summed E-state index contributed by atoms with van der Waals surface area (Å²) in [6, 6.07) is -11.2. The summed E-state index contributed by atoms with van der Waals surface area (Å²) in [5, 5.41) is 59.2. The monoisotopic (exact) mass is 692 g/mol. The van der Waals surface area contributed by atoms with E-state index in [1.165, 1.54) is 20.8 Å². The first kappa shape index (κ1) is 43.1. The minimum absolute atomic E-state index is 0.524. The summed E-state index contributed by atoms with van der Waals surface area (Å²) in [6.07, 6.45) is -2.02. The number of hydrogen-bond acceptors (Lipinski definition) is 13. The summed E-state index contributed by atoms with van der Waals surface area (Å²) in [5.74, 6) is -11.4. The molecule has 0 aromatic carbocycles. The second-order valence-corrected chi connectivity index (χ2v) is 10.8. The van der Waals surface area contributed by atoms with Gasteiger partial charge >= 0.3 is 11.9 Å². The van der Waals surface area contributed by atoms with E-state index in [9.17, 15) is 58.5 Å². The Labute approximate surface area is 273 Å². The van der Waals surface area contributed by atoms with Gasteiger partial charge in [0.25, 0.3) is 0 Å². The SMILES string of the molecule is CC(C)[C@H](NC(=O)[C@H](CC(N)=O)NC(=O)[C@H](CO)NC(=O)[C@H](CO)NC(=O)[C@H](C)N)C(=O)N[C@@H](CCC(=O)O)C(=O)N[C@@H](CO)C(=O)O. The van der Waals surface area contributed by atoms with Gasteiger partial charge < -0.3 is 68.9 Å². The Hall–Kier alpha value is -4.93. The molecule has 0 unspecified atom stereocenters. The zero-order valence-electron chi connectivity index (χ0n) is 26.4. The first-order valence-electron chi connectivity index (χ1n) is 14.4. The number of aliphatic hydroxyl groups excluding tert-OH is 3. The van der Waals surface area contributed by atoms with Crippen LogP contribution in [0.15, 0.2) is 0 Å². The van der Waals surface area contributed by atoms with Crippen LogP contribution < -0.4 is 43.4 Å². The Bertz CT molecular complexity index is 1200. The number of rotatable bonds is 22. The normalized spacial score (nSPS) is 15.2. The highest BCUT2D eigenvalue weighted by molar-refractivity contribution is 5.98. The number of carboxylic acids is 2. The molecular formula is C26H44N8O14. The summed E-state index contributed by atoms with van der Waals surface area (Å²) in [5.41, 5.74) is 10.6. The van der Waals surface area contributed by atoms with Gasteiger partial charge in [0, 0.05) is 6.42 Å². The number of carbonyl (C=O) groups is 9. The number of nitrogens with one attached hydrogen (secondary N) is 6. The molecule has 0 aliphatic rings. The quantitative estimate of drug-likeness (QED) is 0.0501. The van der Waals surface area contributed by atoms with Gasteiger partial charge in [0.2, 0.25) is 41.4 Å². The molecule has 0 aliphatic carbocycles. The van der Waals surface area contributed by atoms with Crippen molar-refractivity contribution in [1.29, 1.82) is 0 Å². The fourth-order valence-corrected chi connectivity index (χ4v) is 3.69. The highest BCUT2D eigenvalue weighted by atomic mass is 16.4. The predicted molar refractivity (Wildman–Crippen MR) is 160 cm³/mol. The fourth-order valence-electron chi connectivity index (χ4n) is 3.69. The number of carbonyl (C=O) groups excluding carboxylic acids is 7. The van der Waals surface area contributed by atoms with Crippen molar-refractivity contribution in [3.63, 3.8) is 0 Å². The van der Waals surface area contributed by atoms with Crippen LogP contribution in [0, 0.1) is 5.92 Å². The Balaban J connectivity index is 5.95. The molecule has 272 valence electrons. The Kier molecular flexibility index (Phi) is 18.9. The first-order valence-corrected chi connectivity index (χ1v) is 14.4. The van der Waals surface area contributed by atoms with Gasteiger partial charge in [-0.15, -0.1) is 0 Å². The van der Waals surface area contributed by atoms with Crippen LogP contribution in [0.4, 0.5) is 0 Å². The number of nitrogens with two attached hydrogens (primary N) is 2. The van der Waals surface area contributed by atoms with Gasteiger partial charge in [0.05, 0.1) is 32.3 Å². The maximum absolute atomic E-state index is 13.2. The zero-order chi connectivity index (χ0) is 37.3. The molecule has 0 saturated heterocycles. The number of aliphatic carboxylic acids is 2. The van der Waals surface area contributed by atoms with E-state index < -0.39 is 141 Å². The third kappa shape index (κ3) is 15.1. The summed E-state index contributed by atoms with van der Waals surface area (Å²) in [4.78, 5) is 110. The fraction of sp³-hybridized carbons (Fsp3) is 0.654. The molecule has 0 bridgehead atoms. The summed E-state index contributed by atoms with van der Waals surface area (Å²) >= 11 is 0. The van der Waals surface area contributed by atoms with Crippen molar-refractivity contribution in [2.75, 3.05) is 19.8 Å². The lowest BCUT2D eigenvalue weighted by Crippen LogP contribution is -2.61. The van der Waals surface area contributed by atoms with Crippen LogP contribution in [0.2, 0.25) is 0 Å². The average Bonchev–Trinajstić information content (AvgIpc) is 2.99. The van der Waals surface area contributed by atoms with E-state index in [1.54, 1.807) is 0 Å². The molecule has 0 fully saturated rings. The van der Waals surface area contributed by atoms with Crippen LogP contribution in [0.1, 0.15) is 40.0 Å². The molecule has 0 heterocycles. The lowest BCUT2D eigenvalue weighted by atomic mass is 10.0. The minimum atomic E-state index is -1.80. The predicted octanol–water partition coefficient (Wildman–Crippen LogP) is -7.30. The first-order chi connectivity index (χ1) is 22.3. The number of carboxylic acid groups (broad SMARTS) is 2. The van der Waals surface area contributed by atoms with Gasteiger partial charge in [0.15, 0.2) is 0 Å². The molecule has 48 heavy (non-hydrogen) atoms.